The number of rotatable bonds is 3. The molecule has 0 radical (unpaired) electrons. The maximum absolute atomic E-state index is 13.5. The molecule has 0 spiro atoms. The van der Waals surface area contributed by atoms with Crippen molar-refractivity contribution in [3.05, 3.63) is 58.6 Å². The van der Waals surface area contributed by atoms with Gasteiger partial charge in [0.15, 0.2) is 0 Å². The Kier molecular flexibility index (Phi) is 3.36. The summed E-state index contributed by atoms with van der Waals surface area (Å²) in [7, 11) is 0. The van der Waals surface area contributed by atoms with Gasteiger partial charge in [0.1, 0.15) is 11.6 Å². The molecule has 2 nitrogen and oxygen atoms in total. The molecule has 0 saturated heterocycles. The van der Waals surface area contributed by atoms with Crippen molar-refractivity contribution in [3.8, 4) is 0 Å². The highest BCUT2D eigenvalue weighted by atomic mass is 32.1. The summed E-state index contributed by atoms with van der Waals surface area (Å²) in [5, 5.41) is 4.11. The molecule has 0 aliphatic rings. The summed E-state index contributed by atoms with van der Waals surface area (Å²) in [6.45, 7) is 2.20. The molecule has 1 N–H and O–H groups in total. The lowest BCUT2D eigenvalue weighted by Gasteiger charge is -2.07. The zero-order chi connectivity index (χ0) is 14.1. The average molecular weight is 290 g/mol. The first-order chi connectivity index (χ1) is 9.61. The van der Waals surface area contributed by atoms with E-state index in [1.165, 1.54) is 6.07 Å². The van der Waals surface area contributed by atoms with E-state index in [4.69, 9.17) is 0 Å². The lowest BCUT2D eigenvalue weighted by atomic mass is 10.2. The first-order valence-electron chi connectivity index (χ1n) is 6.17. The van der Waals surface area contributed by atoms with Crippen LogP contribution in [0, 0.1) is 18.6 Å². The lowest BCUT2D eigenvalue weighted by Crippen LogP contribution is -2.02. The Morgan fingerprint density at radius 3 is 2.85 bits per heavy atom. The van der Waals surface area contributed by atoms with Crippen LogP contribution in [0.15, 0.2) is 36.4 Å². The summed E-state index contributed by atoms with van der Waals surface area (Å²) in [4.78, 5) is 4.38. The van der Waals surface area contributed by atoms with Crippen molar-refractivity contribution < 1.29 is 8.78 Å². The van der Waals surface area contributed by atoms with E-state index in [1.807, 2.05) is 25.1 Å². The SMILES string of the molecule is Cc1nc2ccc(NCc3cc(F)ccc3F)cc2s1. The Hall–Kier alpha value is -2.01. The van der Waals surface area contributed by atoms with E-state index >= 15 is 0 Å². The molecule has 102 valence electrons. The Labute approximate surface area is 119 Å². The van der Waals surface area contributed by atoms with Crippen LogP contribution in [-0.4, -0.2) is 4.98 Å². The summed E-state index contributed by atoms with van der Waals surface area (Å²) in [6, 6.07) is 9.24. The highest BCUT2D eigenvalue weighted by Crippen LogP contribution is 2.25. The number of anilines is 1. The van der Waals surface area contributed by atoms with Crippen molar-refractivity contribution in [2.24, 2.45) is 0 Å². The fourth-order valence-electron chi connectivity index (χ4n) is 2.03. The number of fused-ring (bicyclic) bond motifs is 1. The topological polar surface area (TPSA) is 24.9 Å². The van der Waals surface area contributed by atoms with Crippen LogP contribution in [0.1, 0.15) is 10.6 Å². The Morgan fingerprint density at radius 1 is 1.15 bits per heavy atom. The Bertz CT molecular complexity index is 768. The Balaban J connectivity index is 1.80. The van der Waals surface area contributed by atoms with Gasteiger partial charge in [-0.05, 0) is 43.3 Å². The molecule has 0 aliphatic heterocycles. The molecule has 0 bridgehead atoms. The largest absolute Gasteiger partial charge is 0.381 e. The summed E-state index contributed by atoms with van der Waals surface area (Å²) in [5.41, 5.74) is 2.13. The van der Waals surface area contributed by atoms with Crippen LogP contribution in [0.3, 0.4) is 0 Å². The van der Waals surface area contributed by atoms with Crippen molar-refractivity contribution in [1.82, 2.24) is 4.98 Å². The monoisotopic (exact) mass is 290 g/mol. The van der Waals surface area contributed by atoms with Crippen LogP contribution in [0.4, 0.5) is 14.5 Å². The van der Waals surface area contributed by atoms with Gasteiger partial charge in [-0.15, -0.1) is 11.3 Å². The number of hydrogen-bond acceptors (Lipinski definition) is 3. The molecular formula is C15H12F2N2S. The number of nitrogens with one attached hydrogen (secondary N) is 1. The van der Waals surface area contributed by atoms with Gasteiger partial charge in [-0.2, -0.15) is 0 Å². The first kappa shape index (κ1) is 13.0. The molecule has 5 heteroatoms. The number of nitrogens with zero attached hydrogens (tertiary/aromatic N) is 1. The van der Waals surface area contributed by atoms with Gasteiger partial charge in [0, 0.05) is 17.8 Å². The van der Waals surface area contributed by atoms with Crippen LogP contribution >= 0.6 is 11.3 Å². The number of halogens is 2. The van der Waals surface area contributed by atoms with Crippen LogP contribution in [-0.2, 0) is 6.54 Å². The maximum atomic E-state index is 13.5. The van der Waals surface area contributed by atoms with Crippen molar-refractivity contribution in [2.75, 3.05) is 5.32 Å². The standard InChI is InChI=1S/C15H12F2N2S/c1-9-19-14-5-3-12(7-15(14)20-9)18-8-10-6-11(16)2-4-13(10)17/h2-7,18H,8H2,1H3. The summed E-state index contributed by atoms with van der Waals surface area (Å²) in [6.07, 6.45) is 0. The van der Waals surface area contributed by atoms with E-state index in [9.17, 15) is 8.78 Å². The minimum atomic E-state index is -0.434. The lowest BCUT2D eigenvalue weighted by molar-refractivity contribution is 0.587. The normalized spacial score (nSPS) is 10.9. The van der Waals surface area contributed by atoms with Crippen molar-refractivity contribution in [3.63, 3.8) is 0 Å². The molecule has 0 atom stereocenters. The molecule has 3 aromatic rings. The highest BCUT2D eigenvalue weighted by molar-refractivity contribution is 7.18. The zero-order valence-electron chi connectivity index (χ0n) is 10.8. The minimum Gasteiger partial charge on any atom is -0.381 e. The number of aryl methyl sites for hydroxylation is 1. The summed E-state index contributed by atoms with van der Waals surface area (Å²) < 4.78 is 27.7. The minimum absolute atomic E-state index is 0.243. The zero-order valence-corrected chi connectivity index (χ0v) is 11.6. The molecule has 0 aliphatic carbocycles. The van der Waals surface area contributed by atoms with Crippen LogP contribution < -0.4 is 5.32 Å². The van der Waals surface area contributed by atoms with Gasteiger partial charge in [-0.25, -0.2) is 13.8 Å². The third-order valence-corrected chi connectivity index (χ3v) is 3.92. The molecule has 1 aromatic heterocycles. The first-order valence-corrected chi connectivity index (χ1v) is 6.98. The van der Waals surface area contributed by atoms with Gasteiger partial charge >= 0.3 is 0 Å². The van der Waals surface area contributed by atoms with E-state index in [-0.39, 0.29) is 6.54 Å². The van der Waals surface area contributed by atoms with E-state index in [2.05, 4.69) is 10.3 Å². The van der Waals surface area contributed by atoms with E-state index in [1.54, 1.807) is 11.3 Å². The predicted octanol–water partition coefficient (Wildman–Crippen LogP) is 4.50. The predicted molar refractivity (Wildman–Crippen MR) is 78.0 cm³/mol. The van der Waals surface area contributed by atoms with Gasteiger partial charge < -0.3 is 5.32 Å². The third kappa shape index (κ3) is 2.63. The van der Waals surface area contributed by atoms with Gasteiger partial charge in [-0.1, -0.05) is 0 Å². The number of hydrogen-bond donors (Lipinski definition) is 1. The second-order valence-corrected chi connectivity index (χ2v) is 5.74. The van der Waals surface area contributed by atoms with Crippen molar-refractivity contribution in [1.29, 1.82) is 0 Å². The molecule has 0 fully saturated rings. The number of benzene rings is 2. The van der Waals surface area contributed by atoms with Crippen molar-refractivity contribution in [2.45, 2.75) is 13.5 Å². The molecule has 20 heavy (non-hydrogen) atoms. The second kappa shape index (κ2) is 5.17. The second-order valence-electron chi connectivity index (χ2n) is 4.50. The third-order valence-electron chi connectivity index (χ3n) is 2.99. The number of aromatic nitrogens is 1. The number of thiazole rings is 1. The van der Waals surface area contributed by atoms with E-state index in [0.29, 0.717) is 5.56 Å². The van der Waals surface area contributed by atoms with Gasteiger partial charge in [-0.3, -0.25) is 0 Å². The van der Waals surface area contributed by atoms with Gasteiger partial charge in [0.25, 0.3) is 0 Å². The van der Waals surface area contributed by atoms with Crippen LogP contribution in [0.2, 0.25) is 0 Å². The molecule has 0 amide bonds. The molecule has 2 aromatic carbocycles. The summed E-state index contributed by atoms with van der Waals surface area (Å²) >= 11 is 1.61. The van der Waals surface area contributed by atoms with Crippen molar-refractivity contribution >= 4 is 27.2 Å². The smallest absolute Gasteiger partial charge is 0.128 e. The molecule has 3 rings (SSSR count). The summed E-state index contributed by atoms with van der Waals surface area (Å²) in [5.74, 6) is -0.842. The van der Waals surface area contributed by atoms with Gasteiger partial charge in [0.2, 0.25) is 0 Å². The highest BCUT2D eigenvalue weighted by Gasteiger charge is 2.05. The molecule has 0 saturated carbocycles. The fourth-order valence-corrected chi connectivity index (χ4v) is 2.89. The van der Waals surface area contributed by atoms with Crippen LogP contribution in [0.25, 0.3) is 10.2 Å². The maximum Gasteiger partial charge on any atom is 0.128 e. The molecule has 1 heterocycles. The quantitative estimate of drug-likeness (QED) is 0.768. The fraction of sp³-hybridized carbons (Fsp3) is 0.133. The Morgan fingerprint density at radius 2 is 2.00 bits per heavy atom. The van der Waals surface area contributed by atoms with Crippen LogP contribution in [0.5, 0.6) is 0 Å². The van der Waals surface area contributed by atoms with Gasteiger partial charge in [0.05, 0.1) is 15.2 Å². The van der Waals surface area contributed by atoms with E-state index in [0.717, 1.165) is 33.0 Å². The molecule has 0 unspecified atom stereocenters. The van der Waals surface area contributed by atoms with E-state index < -0.39 is 11.6 Å². The molecular weight excluding hydrogens is 278 g/mol. The average Bonchev–Trinajstić information content (AvgIpc) is 2.79.